The van der Waals surface area contributed by atoms with E-state index in [1.165, 1.54) is 12.8 Å². The number of nitrogens with one attached hydrogen (secondary N) is 1. The summed E-state index contributed by atoms with van der Waals surface area (Å²) in [6.45, 7) is 6.11. The third-order valence-electron chi connectivity index (χ3n) is 5.45. The van der Waals surface area contributed by atoms with Crippen LogP contribution in [-0.4, -0.2) is 13.3 Å². The van der Waals surface area contributed by atoms with Crippen molar-refractivity contribution < 1.29 is 9.47 Å². The highest BCUT2D eigenvalue weighted by Gasteiger charge is 2.50. The van der Waals surface area contributed by atoms with Gasteiger partial charge >= 0.3 is 0 Å². The van der Waals surface area contributed by atoms with Crippen LogP contribution >= 0.6 is 0 Å². The first-order valence-corrected chi connectivity index (χ1v) is 7.47. The molecule has 1 heterocycles. The molecule has 3 aliphatic carbocycles. The fraction of sp³-hybridized carbons (Fsp3) is 0.529. The summed E-state index contributed by atoms with van der Waals surface area (Å²) in [6.07, 6.45) is 5.08. The molecule has 2 atom stereocenters. The molecule has 0 radical (unpaired) electrons. The molecule has 1 fully saturated rings. The molecule has 1 saturated carbocycles. The summed E-state index contributed by atoms with van der Waals surface area (Å²) in [5, 5.41) is 3.53. The van der Waals surface area contributed by atoms with Crippen LogP contribution < -0.4 is 14.8 Å². The molecule has 0 saturated heterocycles. The number of hydrogen-bond donors (Lipinski definition) is 1. The van der Waals surface area contributed by atoms with Crippen LogP contribution in [-0.2, 0) is 0 Å². The topological polar surface area (TPSA) is 30.5 Å². The summed E-state index contributed by atoms with van der Waals surface area (Å²) in [4.78, 5) is 0. The van der Waals surface area contributed by atoms with Gasteiger partial charge in [-0.1, -0.05) is 25.5 Å². The van der Waals surface area contributed by atoms with E-state index in [-0.39, 0.29) is 0 Å². The molecular formula is C17H21NO2. The van der Waals surface area contributed by atoms with Crippen molar-refractivity contribution in [2.24, 2.45) is 17.3 Å². The van der Waals surface area contributed by atoms with Gasteiger partial charge in [0.2, 0.25) is 6.79 Å². The second-order valence-corrected chi connectivity index (χ2v) is 6.74. The zero-order valence-corrected chi connectivity index (χ0v) is 12.1. The lowest BCUT2D eigenvalue weighted by molar-refractivity contribution is -0.00629. The van der Waals surface area contributed by atoms with E-state index in [9.17, 15) is 0 Å². The van der Waals surface area contributed by atoms with Gasteiger partial charge in [0.05, 0.1) is 0 Å². The van der Waals surface area contributed by atoms with Crippen LogP contribution in [0.5, 0.6) is 11.5 Å². The maximum absolute atomic E-state index is 5.42. The SMILES string of the molecule is CC1(C)[C@@H]2CC=C(CNc3ccc4c(c3)OCO4)[C@H]1C2. The molecule has 1 N–H and O–H groups in total. The third-order valence-corrected chi connectivity index (χ3v) is 5.45. The first-order valence-electron chi connectivity index (χ1n) is 7.47. The van der Waals surface area contributed by atoms with Crippen molar-refractivity contribution in [3.63, 3.8) is 0 Å². The first kappa shape index (κ1) is 12.1. The normalized spacial score (nSPS) is 28.6. The molecule has 3 heteroatoms. The maximum atomic E-state index is 5.42. The molecule has 0 amide bonds. The second kappa shape index (κ2) is 4.18. The van der Waals surface area contributed by atoms with E-state index in [4.69, 9.17) is 9.47 Å². The molecule has 1 aromatic carbocycles. The maximum Gasteiger partial charge on any atom is 0.231 e. The van der Waals surface area contributed by atoms with Gasteiger partial charge < -0.3 is 14.8 Å². The van der Waals surface area contributed by atoms with Crippen molar-refractivity contribution >= 4 is 5.69 Å². The number of fused-ring (bicyclic) bond motifs is 2. The van der Waals surface area contributed by atoms with Crippen LogP contribution in [0.2, 0.25) is 0 Å². The largest absolute Gasteiger partial charge is 0.454 e. The Morgan fingerprint density at radius 2 is 2.10 bits per heavy atom. The Hall–Kier alpha value is -1.64. The summed E-state index contributed by atoms with van der Waals surface area (Å²) in [5.74, 6) is 3.36. The number of ether oxygens (including phenoxy) is 2. The van der Waals surface area contributed by atoms with Crippen LogP contribution in [0.1, 0.15) is 26.7 Å². The van der Waals surface area contributed by atoms with Gasteiger partial charge in [-0.2, -0.15) is 0 Å². The summed E-state index contributed by atoms with van der Waals surface area (Å²) in [6, 6.07) is 6.06. The van der Waals surface area contributed by atoms with Gasteiger partial charge in [-0.15, -0.1) is 0 Å². The summed E-state index contributed by atoms with van der Waals surface area (Å²) in [5.41, 5.74) is 3.19. The molecule has 0 unspecified atom stereocenters. The molecule has 0 spiro atoms. The van der Waals surface area contributed by atoms with E-state index < -0.39 is 0 Å². The molecule has 0 aromatic heterocycles. The lowest BCUT2D eigenvalue weighted by atomic mass is 9.49. The minimum atomic E-state index is 0.335. The zero-order valence-electron chi connectivity index (χ0n) is 12.1. The minimum absolute atomic E-state index is 0.335. The average molecular weight is 271 g/mol. The number of hydrogen-bond acceptors (Lipinski definition) is 3. The molecule has 5 rings (SSSR count). The van der Waals surface area contributed by atoms with E-state index in [1.54, 1.807) is 5.57 Å². The molecular weight excluding hydrogens is 250 g/mol. The Morgan fingerprint density at radius 1 is 1.25 bits per heavy atom. The number of rotatable bonds is 3. The predicted molar refractivity (Wildman–Crippen MR) is 79.1 cm³/mol. The van der Waals surface area contributed by atoms with Gasteiger partial charge in [0.15, 0.2) is 11.5 Å². The van der Waals surface area contributed by atoms with Gasteiger partial charge in [-0.25, -0.2) is 0 Å². The standard InChI is InChI=1S/C17H21NO2/c1-17(2)12-4-3-11(14(17)7-12)9-18-13-5-6-15-16(8-13)20-10-19-15/h3,5-6,8,12,14,18H,4,7,9-10H2,1-2H3/t12-,14-/m1/s1. The Kier molecular flexibility index (Phi) is 2.53. The van der Waals surface area contributed by atoms with Crippen molar-refractivity contribution in [3.8, 4) is 11.5 Å². The molecule has 106 valence electrons. The van der Waals surface area contributed by atoms with E-state index >= 15 is 0 Å². The van der Waals surface area contributed by atoms with Gasteiger partial charge in [0, 0.05) is 18.3 Å². The van der Waals surface area contributed by atoms with Gasteiger partial charge in [-0.3, -0.25) is 0 Å². The summed E-state index contributed by atoms with van der Waals surface area (Å²) < 4.78 is 10.8. The van der Waals surface area contributed by atoms with Gasteiger partial charge in [0.1, 0.15) is 0 Å². The van der Waals surface area contributed by atoms with Crippen LogP contribution in [0.4, 0.5) is 5.69 Å². The third kappa shape index (κ3) is 1.72. The lowest BCUT2D eigenvalue weighted by Crippen LogP contribution is -2.49. The highest BCUT2D eigenvalue weighted by Crippen LogP contribution is 2.59. The average Bonchev–Trinajstić information content (AvgIpc) is 2.92. The molecule has 20 heavy (non-hydrogen) atoms. The van der Waals surface area contributed by atoms with Gasteiger partial charge in [-0.05, 0) is 42.2 Å². The predicted octanol–water partition coefficient (Wildman–Crippen LogP) is 3.82. The minimum Gasteiger partial charge on any atom is -0.454 e. The van der Waals surface area contributed by atoms with E-state index in [0.29, 0.717) is 12.2 Å². The quantitative estimate of drug-likeness (QED) is 0.848. The van der Waals surface area contributed by atoms with Crippen molar-refractivity contribution in [1.29, 1.82) is 0 Å². The van der Waals surface area contributed by atoms with Crippen LogP contribution in [0.15, 0.2) is 29.8 Å². The Labute approximate surface area is 120 Å². The van der Waals surface area contributed by atoms with E-state index in [2.05, 4.69) is 31.3 Å². The van der Waals surface area contributed by atoms with Crippen LogP contribution in [0.25, 0.3) is 0 Å². The van der Waals surface area contributed by atoms with Crippen molar-refractivity contribution in [3.05, 3.63) is 29.8 Å². The van der Waals surface area contributed by atoms with Crippen LogP contribution in [0, 0.1) is 17.3 Å². The smallest absolute Gasteiger partial charge is 0.231 e. The Morgan fingerprint density at radius 3 is 2.90 bits per heavy atom. The van der Waals surface area contributed by atoms with Crippen molar-refractivity contribution in [1.82, 2.24) is 0 Å². The summed E-state index contributed by atoms with van der Waals surface area (Å²) in [7, 11) is 0. The fourth-order valence-electron chi connectivity index (χ4n) is 3.89. The molecule has 1 aliphatic heterocycles. The Balaban J connectivity index is 1.45. The lowest BCUT2D eigenvalue weighted by Gasteiger charge is -2.56. The molecule has 2 bridgehead atoms. The number of allylic oxidation sites excluding steroid dienone is 1. The van der Waals surface area contributed by atoms with E-state index in [0.717, 1.165) is 35.6 Å². The summed E-state index contributed by atoms with van der Waals surface area (Å²) >= 11 is 0. The molecule has 3 nitrogen and oxygen atoms in total. The molecule has 1 aromatic rings. The monoisotopic (exact) mass is 271 g/mol. The Bertz CT molecular complexity index is 576. The highest BCUT2D eigenvalue weighted by atomic mass is 16.7. The molecule has 4 aliphatic rings. The highest BCUT2D eigenvalue weighted by molar-refractivity contribution is 5.56. The fourth-order valence-corrected chi connectivity index (χ4v) is 3.89. The zero-order chi connectivity index (χ0) is 13.7. The van der Waals surface area contributed by atoms with Gasteiger partial charge in [0.25, 0.3) is 0 Å². The second-order valence-electron chi connectivity index (χ2n) is 6.74. The van der Waals surface area contributed by atoms with E-state index in [1.807, 2.05) is 12.1 Å². The van der Waals surface area contributed by atoms with Crippen molar-refractivity contribution in [2.75, 3.05) is 18.7 Å². The van der Waals surface area contributed by atoms with Crippen molar-refractivity contribution in [2.45, 2.75) is 26.7 Å². The number of anilines is 1. The number of benzene rings is 1. The first-order chi connectivity index (χ1) is 9.64. The van der Waals surface area contributed by atoms with Crippen LogP contribution in [0.3, 0.4) is 0 Å².